The summed E-state index contributed by atoms with van der Waals surface area (Å²) >= 11 is 0. The molecule has 1 aliphatic heterocycles. The Morgan fingerprint density at radius 2 is 1.72 bits per heavy atom. The maximum absolute atomic E-state index is 13.2. The van der Waals surface area contributed by atoms with E-state index in [1.165, 1.54) is 0 Å². The molecule has 0 radical (unpaired) electrons. The summed E-state index contributed by atoms with van der Waals surface area (Å²) < 4.78 is 16.5. The number of rotatable bonds is 8. The molecule has 1 aliphatic rings. The Morgan fingerprint density at radius 3 is 2.31 bits per heavy atom. The van der Waals surface area contributed by atoms with Gasteiger partial charge in [0.05, 0.1) is 7.11 Å². The van der Waals surface area contributed by atoms with Gasteiger partial charge in [0.15, 0.2) is 0 Å². The second-order valence-corrected chi connectivity index (χ2v) is 8.74. The number of carbonyl (C=O) groups excluding carboxylic acids is 1. The fourth-order valence-electron chi connectivity index (χ4n) is 3.55. The molecule has 1 amide bonds. The van der Waals surface area contributed by atoms with Crippen molar-refractivity contribution in [3.63, 3.8) is 0 Å². The standard InChI is InChI=1S/C22H29N3O3S/c1-28-20-10-8-19(9-11-20)23-22(26)21(18-6-4-3-5-7-18)25-14-12-24(13-15-25)16-17-29(2)27/h3-11,21H,12-17H2,1-2H3,(H,23,26)/t21-,29+/m0/s1. The van der Waals surface area contributed by atoms with Crippen LogP contribution >= 0.6 is 0 Å². The topological polar surface area (TPSA) is 61.9 Å². The Balaban J connectivity index is 1.70. The Hall–Kier alpha value is -2.22. The van der Waals surface area contributed by atoms with E-state index in [1.54, 1.807) is 13.4 Å². The molecular weight excluding hydrogens is 386 g/mol. The first-order valence-corrected chi connectivity index (χ1v) is 11.6. The van der Waals surface area contributed by atoms with E-state index >= 15 is 0 Å². The lowest BCUT2D eigenvalue weighted by molar-refractivity contribution is -0.122. The molecular formula is C22H29N3O3S. The number of hydrogen-bond acceptors (Lipinski definition) is 5. The molecule has 156 valence electrons. The molecule has 1 fully saturated rings. The van der Waals surface area contributed by atoms with Crippen LogP contribution in [-0.4, -0.2) is 71.8 Å². The number of benzene rings is 2. The van der Waals surface area contributed by atoms with Crippen LogP contribution in [0.15, 0.2) is 54.6 Å². The molecule has 6 nitrogen and oxygen atoms in total. The van der Waals surface area contributed by atoms with Crippen LogP contribution in [0, 0.1) is 0 Å². The third kappa shape index (κ3) is 6.13. The lowest BCUT2D eigenvalue weighted by atomic mass is 10.0. The number of nitrogens with zero attached hydrogens (tertiary/aromatic N) is 2. The van der Waals surface area contributed by atoms with Gasteiger partial charge in [-0.1, -0.05) is 30.3 Å². The van der Waals surface area contributed by atoms with Crippen molar-refractivity contribution < 1.29 is 13.7 Å². The van der Waals surface area contributed by atoms with Gasteiger partial charge in [0.25, 0.3) is 0 Å². The predicted octanol–water partition coefficient (Wildman–Crippen LogP) is 2.37. The fourth-order valence-corrected chi connectivity index (χ4v) is 4.07. The molecule has 0 unspecified atom stereocenters. The van der Waals surface area contributed by atoms with Crippen molar-refractivity contribution in [3.8, 4) is 5.75 Å². The van der Waals surface area contributed by atoms with Crippen LogP contribution < -0.4 is 10.1 Å². The zero-order valence-corrected chi connectivity index (χ0v) is 17.9. The van der Waals surface area contributed by atoms with E-state index in [0.717, 1.165) is 49.7 Å². The third-order valence-corrected chi connectivity index (χ3v) is 5.95. The number of ether oxygens (including phenoxy) is 1. The normalized spacial score (nSPS) is 17.4. The second kappa shape index (κ2) is 10.5. The van der Waals surface area contributed by atoms with E-state index in [9.17, 15) is 9.00 Å². The van der Waals surface area contributed by atoms with E-state index in [0.29, 0.717) is 5.75 Å². The summed E-state index contributed by atoms with van der Waals surface area (Å²) in [6, 6.07) is 16.9. The van der Waals surface area contributed by atoms with Crippen LogP contribution in [-0.2, 0) is 15.6 Å². The van der Waals surface area contributed by atoms with Crippen molar-refractivity contribution in [3.05, 3.63) is 60.2 Å². The van der Waals surface area contributed by atoms with E-state index in [4.69, 9.17) is 4.74 Å². The highest BCUT2D eigenvalue weighted by Crippen LogP contribution is 2.25. The molecule has 1 saturated heterocycles. The lowest BCUT2D eigenvalue weighted by Crippen LogP contribution is -2.50. The Morgan fingerprint density at radius 1 is 1.07 bits per heavy atom. The van der Waals surface area contributed by atoms with Crippen molar-refractivity contribution in [2.75, 3.05) is 57.2 Å². The number of anilines is 1. The minimum Gasteiger partial charge on any atom is -0.497 e. The molecule has 7 heteroatoms. The molecule has 2 atom stereocenters. The van der Waals surface area contributed by atoms with E-state index in [2.05, 4.69) is 15.1 Å². The van der Waals surface area contributed by atoms with Gasteiger partial charge in [-0.15, -0.1) is 0 Å². The first-order chi connectivity index (χ1) is 14.1. The van der Waals surface area contributed by atoms with E-state index in [-0.39, 0.29) is 11.9 Å². The highest BCUT2D eigenvalue weighted by molar-refractivity contribution is 7.84. The molecule has 0 saturated carbocycles. The van der Waals surface area contributed by atoms with Gasteiger partial charge in [-0.2, -0.15) is 0 Å². The molecule has 3 rings (SSSR count). The second-order valence-electron chi connectivity index (χ2n) is 7.19. The van der Waals surface area contributed by atoms with Crippen molar-refractivity contribution in [1.82, 2.24) is 9.80 Å². The van der Waals surface area contributed by atoms with Gasteiger partial charge in [-0.3, -0.25) is 18.8 Å². The number of carbonyl (C=O) groups is 1. The Bertz CT molecular complexity index is 806. The quantitative estimate of drug-likeness (QED) is 0.717. The van der Waals surface area contributed by atoms with Crippen molar-refractivity contribution >= 4 is 22.4 Å². The monoisotopic (exact) mass is 415 g/mol. The zero-order chi connectivity index (χ0) is 20.6. The number of piperazine rings is 1. The molecule has 0 spiro atoms. The first-order valence-electron chi connectivity index (χ1n) is 9.83. The summed E-state index contributed by atoms with van der Waals surface area (Å²) in [6.07, 6.45) is 1.74. The van der Waals surface area contributed by atoms with Gasteiger partial charge in [-0.25, -0.2) is 0 Å². The fraction of sp³-hybridized carbons (Fsp3) is 0.409. The third-order valence-electron chi connectivity index (χ3n) is 5.19. The Kier molecular flexibility index (Phi) is 7.80. The molecule has 2 aromatic rings. The molecule has 0 bridgehead atoms. The van der Waals surface area contributed by atoms with Gasteiger partial charge >= 0.3 is 0 Å². The van der Waals surface area contributed by atoms with Gasteiger partial charge < -0.3 is 10.1 Å². The van der Waals surface area contributed by atoms with Crippen molar-refractivity contribution in [1.29, 1.82) is 0 Å². The van der Waals surface area contributed by atoms with Crippen LogP contribution in [0.4, 0.5) is 5.69 Å². The van der Waals surface area contributed by atoms with Crippen LogP contribution in [0.25, 0.3) is 0 Å². The molecule has 0 aromatic heterocycles. The summed E-state index contributed by atoms with van der Waals surface area (Å²) in [5.74, 6) is 1.41. The minimum atomic E-state index is -0.775. The maximum Gasteiger partial charge on any atom is 0.246 e. The highest BCUT2D eigenvalue weighted by atomic mass is 32.2. The summed E-state index contributed by atoms with van der Waals surface area (Å²) in [5, 5.41) is 3.05. The van der Waals surface area contributed by atoms with Crippen LogP contribution in [0.3, 0.4) is 0 Å². The summed E-state index contributed by atoms with van der Waals surface area (Å²) in [6.45, 7) is 4.18. The maximum atomic E-state index is 13.2. The largest absolute Gasteiger partial charge is 0.497 e. The van der Waals surface area contributed by atoms with Gasteiger partial charge in [0.1, 0.15) is 11.8 Å². The number of hydrogen-bond donors (Lipinski definition) is 1. The number of methoxy groups -OCH3 is 1. The highest BCUT2D eigenvalue weighted by Gasteiger charge is 2.30. The number of nitrogens with one attached hydrogen (secondary N) is 1. The van der Waals surface area contributed by atoms with E-state index < -0.39 is 10.8 Å². The van der Waals surface area contributed by atoms with Crippen LogP contribution in [0.1, 0.15) is 11.6 Å². The smallest absolute Gasteiger partial charge is 0.246 e. The van der Waals surface area contributed by atoms with Gasteiger partial charge in [0, 0.05) is 61.2 Å². The first kappa shape index (κ1) is 21.5. The molecule has 2 aromatic carbocycles. The summed E-state index contributed by atoms with van der Waals surface area (Å²) in [5.41, 5.74) is 1.74. The lowest BCUT2D eigenvalue weighted by Gasteiger charge is -2.38. The average molecular weight is 416 g/mol. The molecule has 0 aliphatic carbocycles. The van der Waals surface area contributed by atoms with Crippen LogP contribution in [0.5, 0.6) is 5.75 Å². The van der Waals surface area contributed by atoms with Gasteiger partial charge in [-0.05, 0) is 29.8 Å². The van der Waals surface area contributed by atoms with E-state index in [1.807, 2.05) is 54.6 Å². The molecule has 29 heavy (non-hydrogen) atoms. The summed E-state index contributed by atoms with van der Waals surface area (Å²) in [4.78, 5) is 17.8. The molecule has 1 N–H and O–H groups in total. The predicted molar refractivity (Wildman–Crippen MR) is 118 cm³/mol. The average Bonchev–Trinajstić information content (AvgIpc) is 2.74. The number of amides is 1. The Labute approximate surface area is 175 Å². The van der Waals surface area contributed by atoms with Gasteiger partial charge in [0.2, 0.25) is 5.91 Å². The molecule has 1 heterocycles. The minimum absolute atomic E-state index is 0.0375. The van der Waals surface area contributed by atoms with Crippen molar-refractivity contribution in [2.45, 2.75) is 6.04 Å². The summed E-state index contributed by atoms with van der Waals surface area (Å²) in [7, 11) is 0.847. The zero-order valence-electron chi connectivity index (χ0n) is 17.0. The van der Waals surface area contributed by atoms with Crippen LogP contribution in [0.2, 0.25) is 0 Å². The van der Waals surface area contributed by atoms with Crippen molar-refractivity contribution in [2.24, 2.45) is 0 Å². The SMILES string of the molecule is COc1ccc(NC(=O)[C@H](c2ccccc2)N2CCN(CC[S@@](C)=O)CC2)cc1.